The number of Topliss-reactive ketones (excluding diaryl/α,β-unsaturated/α-hetero) is 1. The van der Waals surface area contributed by atoms with Gasteiger partial charge in [0, 0.05) is 23.4 Å². The molecule has 2 N–H and O–H groups in total. The minimum atomic E-state index is -3.67. The van der Waals surface area contributed by atoms with Crippen LogP contribution in [0.5, 0.6) is 0 Å². The lowest BCUT2D eigenvalue weighted by atomic mass is 9.82. The zero-order valence-electron chi connectivity index (χ0n) is 19.4. The molecule has 5 nitrogen and oxygen atoms in total. The van der Waals surface area contributed by atoms with Gasteiger partial charge in [0.25, 0.3) is 0 Å². The van der Waals surface area contributed by atoms with Crippen LogP contribution in [-0.4, -0.2) is 25.3 Å². The molecule has 36 heavy (non-hydrogen) atoms. The number of carbonyl (C=O) groups is 1. The van der Waals surface area contributed by atoms with Crippen LogP contribution in [-0.2, 0) is 34.1 Å². The quantitative estimate of drug-likeness (QED) is 0.450. The molecule has 2 unspecified atom stereocenters. The highest BCUT2D eigenvalue weighted by Crippen LogP contribution is 2.37. The smallest absolute Gasteiger partial charge is 0.240 e. The molecule has 0 fully saturated rings. The predicted molar refractivity (Wildman–Crippen MR) is 137 cm³/mol. The zero-order chi connectivity index (χ0) is 25.4. The fourth-order valence-corrected chi connectivity index (χ4v) is 6.61. The van der Waals surface area contributed by atoms with Crippen molar-refractivity contribution in [1.29, 1.82) is 0 Å². The molecular formula is C28H25ClFNO4S. The molecule has 2 atom stereocenters. The molecule has 3 aromatic carbocycles. The van der Waals surface area contributed by atoms with Gasteiger partial charge < -0.3 is 5.11 Å². The van der Waals surface area contributed by atoms with E-state index in [1.165, 1.54) is 36.4 Å². The maximum Gasteiger partial charge on any atom is 0.240 e. The monoisotopic (exact) mass is 525 g/mol. The molecule has 0 saturated heterocycles. The Morgan fingerprint density at radius 3 is 2.44 bits per heavy atom. The van der Waals surface area contributed by atoms with Crippen LogP contribution in [0, 0.1) is 11.7 Å². The first kappa shape index (κ1) is 24.7. The van der Waals surface area contributed by atoms with Gasteiger partial charge in [-0.05, 0) is 84.3 Å². The number of ketones is 1. The number of aliphatic hydroxyl groups excluding tert-OH is 1. The van der Waals surface area contributed by atoms with E-state index in [0.29, 0.717) is 36.3 Å². The molecule has 186 valence electrons. The summed E-state index contributed by atoms with van der Waals surface area (Å²) in [6.45, 7) is 0. The molecule has 0 heterocycles. The standard InChI is InChI=1S/C28H25ClFNO4S/c29-21-6-11-24(12-7-21)36(34,35)31-23-10-13-25-18(2-1-3-19(25)15-23)14-20-16-26(32)27(28(20)33)17-4-8-22(30)9-5-17/h1-9,11-12,20,23,31-32H,10,13-16H2. The second-order valence-electron chi connectivity index (χ2n) is 9.37. The van der Waals surface area contributed by atoms with Crippen LogP contribution >= 0.6 is 11.6 Å². The Balaban J connectivity index is 1.30. The largest absolute Gasteiger partial charge is 0.512 e. The summed E-state index contributed by atoms with van der Waals surface area (Å²) in [6, 6.07) is 17.3. The average molecular weight is 526 g/mol. The van der Waals surface area contributed by atoms with Crippen molar-refractivity contribution in [2.45, 2.75) is 43.0 Å². The Morgan fingerprint density at radius 2 is 1.72 bits per heavy atom. The lowest BCUT2D eigenvalue weighted by molar-refractivity contribution is -0.116. The Morgan fingerprint density at radius 1 is 1.00 bits per heavy atom. The van der Waals surface area contributed by atoms with Crippen molar-refractivity contribution in [3.63, 3.8) is 0 Å². The molecule has 0 amide bonds. The number of hydrogen-bond acceptors (Lipinski definition) is 4. The maximum atomic E-state index is 13.3. The van der Waals surface area contributed by atoms with Crippen LogP contribution in [0.1, 0.15) is 35.1 Å². The van der Waals surface area contributed by atoms with E-state index in [0.717, 1.165) is 16.7 Å². The first-order valence-electron chi connectivity index (χ1n) is 11.8. The fourth-order valence-electron chi connectivity index (χ4n) is 5.21. The first-order chi connectivity index (χ1) is 17.2. The van der Waals surface area contributed by atoms with Crippen molar-refractivity contribution in [3.8, 4) is 0 Å². The van der Waals surface area contributed by atoms with E-state index in [9.17, 15) is 22.7 Å². The highest BCUT2D eigenvalue weighted by Gasteiger charge is 2.35. The number of hydrogen-bond donors (Lipinski definition) is 2. The zero-order valence-corrected chi connectivity index (χ0v) is 20.9. The molecule has 5 rings (SSSR count). The number of carbonyl (C=O) groups excluding carboxylic acids is 1. The van der Waals surface area contributed by atoms with Crippen LogP contribution < -0.4 is 4.72 Å². The fraction of sp³-hybridized carbons (Fsp3) is 0.250. The third-order valence-electron chi connectivity index (χ3n) is 6.97. The summed E-state index contributed by atoms with van der Waals surface area (Å²) < 4.78 is 41.7. The summed E-state index contributed by atoms with van der Waals surface area (Å²) in [5, 5.41) is 11.0. The number of nitrogens with one attached hydrogen (secondary N) is 1. The minimum Gasteiger partial charge on any atom is -0.512 e. The average Bonchev–Trinajstić information content (AvgIpc) is 3.12. The van der Waals surface area contributed by atoms with E-state index in [2.05, 4.69) is 4.72 Å². The molecule has 0 bridgehead atoms. The Bertz CT molecular complexity index is 1450. The number of allylic oxidation sites excluding steroid dienone is 2. The minimum absolute atomic E-state index is 0.0399. The molecule has 2 aliphatic rings. The topological polar surface area (TPSA) is 83.5 Å². The second-order valence-corrected chi connectivity index (χ2v) is 11.5. The van der Waals surface area contributed by atoms with Crippen molar-refractivity contribution < 1.29 is 22.7 Å². The van der Waals surface area contributed by atoms with Gasteiger partial charge in [-0.3, -0.25) is 4.79 Å². The van der Waals surface area contributed by atoms with Crippen molar-refractivity contribution in [2.75, 3.05) is 0 Å². The molecule has 0 spiro atoms. The van der Waals surface area contributed by atoms with Crippen LogP contribution in [0.25, 0.3) is 5.57 Å². The van der Waals surface area contributed by atoms with E-state index in [1.54, 1.807) is 12.1 Å². The van der Waals surface area contributed by atoms with Crippen molar-refractivity contribution in [1.82, 2.24) is 4.72 Å². The van der Waals surface area contributed by atoms with E-state index < -0.39 is 21.8 Å². The summed E-state index contributed by atoms with van der Waals surface area (Å²) >= 11 is 5.88. The van der Waals surface area contributed by atoms with Gasteiger partial charge >= 0.3 is 0 Å². The summed E-state index contributed by atoms with van der Waals surface area (Å²) in [5.74, 6) is -0.887. The van der Waals surface area contributed by atoms with E-state index in [1.807, 2.05) is 18.2 Å². The SMILES string of the molecule is O=C1C(c2ccc(F)cc2)=C(O)CC1Cc1cccc2c1CCC(NS(=O)(=O)c1ccc(Cl)cc1)C2. The van der Waals surface area contributed by atoms with Crippen molar-refractivity contribution >= 4 is 33.0 Å². The highest BCUT2D eigenvalue weighted by atomic mass is 35.5. The Kier molecular flexibility index (Phi) is 6.72. The number of rotatable bonds is 6. The van der Waals surface area contributed by atoms with Gasteiger partial charge in [0.15, 0.2) is 5.78 Å². The van der Waals surface area contributed by atoms with Gasteiger partial charge in [0.2, 0.25) is 10.0 Å². The third kappa shape index (κ3) is 4.96. The van der Waals surface area contributed by atoms with Crippen molar-refractivity contribution in [3.05, 3.63) is 106 Å². The van der Waals surface area contributed by atoms with Crippen LogP contribution in [0.4, 0.5) is 4.39 Å². The number of aliphatic hydroxyl groups is 1. The van der Waals surface area contributed by atoms with Gasteiger partial charge in [-0.2, -0.15) is 0 Å². The maximum absolute atomic E-state index is 13.3. The molecule has 0 aromatic heterocycles. The van der Waals surface area contributed by atoms with Crippen LogP contribution in [0.2, 0.25) is 5.02 Å². The Labute approximate surface area is 214 Å². The summed E-state index contributed by atoms with van der Waals surface area (Å²) in [4.78, 5) is 13.3. The summed E-state index contributed by atoms with van der Waals surface area (Å²) in [5.41, 5.74) is 4.03. The molecule has 0 aliphatic heterocycles. The van der Waals surface area contributed by atoms with E-state index in [-0.39, 0.29) is 34.5 Å². The first-order valence-corrected chi connectivity index (χ1v) is 13.7. The van der Waals surface area contributed by atoms with Gasteiger partial charge in [0.1, 0.15) is 11.6 Å². The molecule has 0 saturated carbocycles. The molecular weight excluding hydrogens is 501 g/mol. The third-order valence-corrected chi connectivity index (χ3v) is 8.76. The number of fused-ring (bicyclic) bond motifs is 1. The summed E-state index contributed by atoms with van der Waals surface area (Å²) in [6.07, 6.45) is 2.61. The molecule has 3 aromatic rings. The lowest BCUT2D eigenvalue weighted by Crippen LogP contribution is -2.39. The predicted octanol–water partition coefficient (Wildman–Crippen LogP) is 5.42. The van der Waals surface area contributed by atoms with Gasteiger partial charge in [-0.15, -0.1) is 0 Å². The van der Waals surface area contributed by atoms with Gasteiger partial charge in [-0.1, -0.05) is 41.9 Å². The lowest BCUT2D eigenvalue weighted by Gasteiger charge is -2.27. The Hall–Kier alpha value is -3.00. The molecule has 0 radical (unpaired) electrons. The molecule has 2 aliphatic carbocycles. The second kappa shape index (κ2) is 9.81. The number of benzene rings is 3. The van der Waals surface area contributed by atoms with Crippen LogP contribution in [0.15, 0.2) is 77.4 Å². The van der Waals surface area contributed by atoms with E-state index >= 15 is 0 Å². The number of halogens is 2. The van der Waals surface area contributed by atoms with Crippen molar-refractivity contribution in [2.24, 2.45) is 5.92 Å². The number of sulfonamides is 1. The highest BCUT2D eigenvalue weighted by molar-refractivity contribution is 7.89. The van der Waals surface area contributed by atoms with Gasteiger partial charge in [0.05, 0.1) is 10.5 Å². The molecule has 8 heteroatoms. The normalized spacial score (nSPS) is 20.0. The van der Waals surface area contributed by atoms with Gasteiger partial charge in [-0.25, -0.2) is 17.5 Å². The summed E-state index contributed by atoms with van der Waals surface area (Å²) in [7, 11) is -3.67. The van der Waals surface area contributed by atoms with E-state index in [4.69, 9.17) is 11.6 Å². The van der Waals surface area contributed by atoms with Crippen LogP contribution in [0.3, 0.4) is 0 Å².